The molecule has 0 aromatic carbocycles. The van der Waals surface area contributed by atoms with Crippen molar-refractivity contribution in [3.8, 4) is 0 Å². The van der Waals surface area contributed by atoms with Gasteiger partial charge in [-0.3, -0.25) is 4.57 Å². The molecule has 0 aromatic heterocycles. The highest BCUT2D eigenvalue weighted by Gasteiger charge is 2.21. The molecule has 0 aromatic rings. The van der Waals surface area contributed by atoms with Gasteiger partial charge in [-0.2, -0.15) is 0 Å². The lowest BCUT2D eigenvalue weighted by Gasteiger charge is -2.16. The van der Waals surface area contributed by atoms with Crippen molar-refractivity contribution < 1.29 is 13.6 Å². The summed E-state index contributed by atoms with van der Waals surface area (Å²) in [7, 11) is -2.85. The summed E-state index contributed by atoms with van der Waals surface area (Å²) >= 11 is 0. The van der Waals surface area contributed by atoms with Crippen LogP contribution < -0.4 is 5.32 Å². The van der Waals surface area contributed by atoms with E-state index in [4.69, 9.17) is 9.05 Å². The first-order valence-corrected chi connectivity index (χ1v) is 6.00. The molecule has 0 amide bonds. The zero-order valence-electron chi connectivity index (χ0n) is 8.00. The zero-order valence-corrected chi connectivity index (χ0v) is 8.89. The maximum Gasteiger partial charge on any atom is 0.344 e. The third-order valence-electron chi connectivity index (χ3n) is 1.21. The molecule has 12 heavy (non-hydrogen) atoms. The Kier molecular flexibility index (Phi) is 6.67. The number of hydrogen-bond acceptors (Lipinski definition) is 4. The molecule has 0 aliphatic rings. The predicted octanol–water partition coefficient (Wildman–Crippen LogP) is 1.82. The highest BCUT2D eigenvalue weighted by Crippen LogP contribution is 2.46. The van der Waals surface area contributed by atoms with Crippen LogP contribution in [0, 0.1) is 0 Å². The van der Waals surface area contributed by atoms with Gasteiger partial charge in [0.05, 0.1) is 19.5 Å². The van der Waals surface area contributed by atoms with Crippen LogP contribution in [0.5, 0.6) is 0 Å². The summed E-state index contributed by atoms with van der Waals surface area (Å²) < 4.78 is 21.8. The van der Waals surface area contributed by atoms with E-state index in [1.807, 2.05) is 6.92 Å². The van der Waals surface area contributed by atoms with Crippen LogP contribution in [-0.2, 0) is 13.6 Å². The van der Waals surface area contributed by atoms with Gasteiger partial charge < -0.3 is 14.4 Å². The molecule has 4 nitrogen and oxygen atoms in total. The molecule has 0 atom stereocenters. The van der Waals surface area contributed by atoms with Crippen molar-refractivity contribution in [3.63, 3.8) is 0 Å². The molecule has 0 aliphatic carbocycles. The summed E-state index contributed by atoms with van der Waals surface area (Å²) in [5.41, 5.74) is 0. The maximum absolute atomic E-state index is 11.7. The molecule has 0 saturated heterocycles. The SMILES string of the molecule is CCNCP(=O)(OCC)OCC. The molecule has 5 heteroatoms. The Morgan fingerprint density at radius 3 is 2.00 bits per heavy atom. The molecule has 0 aliphatic heterocycles. The van der Waals surface area contributed by atoms with Crippen LogP contribution in [0.2, 0.25) is 0 Å². The normalized spacial score (nSPS) is 11.9. The van der Waals surface area contributed by atoms with E-state index in [1.165, 1.54) is 0 Å². The van der Waals surface area contributed by atoms with E-state index >= 15 is 0 Å². The number of rotatable bonds is 7. The van der Waals surface area contributed by atoms with Gasteiger partial charge in [0.2, 0.25) is 0 Å². The predicted molar refractivity (Wildman–Crippen MR) is 49.4 cm³/mol. The average molecular weight is 195 g/mol. The van der Waals surface area contributed by atoms with Gasteiger partial charge in [-0.15, -0.1) is 0 Å². The van der Waals surface area contributed by atoms with Gasteiger partial charge in [0.25, 0.3) is 0 Å². The van der Waals surface area contributed by atoms with Crippen molar-refractivity contribution >= 4 is 7.60 Å². The highest BCUT2D eigenvalue weighted by atomic mass is 31.2. The van der Waals surface area contributed by atoms with Crippen molar-refractivity contribution in [2.75, 3.05) is 26.0 Å². The van der Waals surface area contributed by atoms with Gasteiger partial charge in [0.1, 0.15) is 0 Å². The Balaban J connectivity index is 3.90. The van der Waals surface area contributed by atoms with Crippen molar-refractivity contribution in [2.24, 2.45) is 0 Å². The third-order valence-corrected chi connectivity index (χ3v) is 3.12. The van der Waals surface area contributed by atoms with Gasteiger partial charge in [0.15, 0.2) is 0 Å². The second-order valence-corrected chi connectivity index (χ2v) is 4.26. The summed E-state index contributed by atoms with van der Waals surface area (Å²) in [6.07, 6.45) is 0.297. The van der Waals surface area contributed by atoms with Crippen LogP contribution >= 0.6 is 7.60 Å². The summed E-state index contributed by atoms with van der Waals surface area (Å²) in [4.78, 5) is 0. The largest absolute Gasteiger partial charge is 0.344 e. The van der Waals surface area contributed by atoms with Crippen molar-refractivity contribution in [3.05, 3.63) is 0 Å². The molecule has 0 radical (unpaired) electrons. The van der Waals surface area contributed by atoms with Crippen LogP contribution in [0.1, 0.15) is 20.8 Å². The minimum Gasteiger partial charge on any atom is -0.308 e. The minimum atomic E-state index is -2.85. The maximum atomic E-state index is 11.7. The summed E-state index contributed by atoms with van der Waals surface area (Å²) in [6, 6.07) is 0. The average Bonchev–Trinajstić information content (AvgIpc) is 2.02. The minimum absolute atomic E-state index is 0.297. The Labute approximate surface area is 74.2 Å². The smallest absolute Gasteiger partial charge is 0.308 e. The molecule has 0 spiro atoms. The van der Waals surface area contributed by atoms with Crippen molar-refractivity contribution in [1.82, 2.24) is 5.32 Å². The Hall–Kier alpha value is 0.110. The van der Waals surface area contributed by atoms with E-state index in [0.29, 0.717) is 19.5 Å². The quantitative estimate of drug-likeness (QED) is 0.629. The van der Waals surface area contributed by atoms with Crippen LogP contribution in [0.4, 0.5) is 0 Å². The molecule has 0 bridgehead atoms. The van der Waals surface area contributed by atoms with E-state index in [0.717, 1.165) is 6.54 Å². The molecule has 0 heterocycles. The van der Waals surface area contributed by atoms with Crippen LogP contribution in [0.25, 0.3) is 0 Å². The fraction of sp³-hybridized carbons (Fsp3) is 1.00. The standard InChI is InChI=1S/C7H18NO3P/c1-4-8-7-12(9,10-5-2)11-6-3/h8H,4-7H2,1-3H3. The second kappa shape index (κ2) is 6.61. The molecular weight excluding hydrogens is 177 g/mol. The van der Waals surface area contributed by atoms with Gasteiger partial charge in [0, 0.05) is 0 Å². The monoisotopic (exact) mass is 195 g/mol. The molecule has 0 rings (SSSR count). The highest BCUT2D eigenvalue weighted by molar-refractivity contribution is 7.53. The van der Waals surface area contributed by atoms with Crippen molar-refractivity contribution in [1.29, 1.82) is 0 Å². The first-order valence-electron chi connectivity index (χ1n) is 4.27. The molecule has 0 saturated carbocycles. The zero-order chi connectivity index (χ0) is 9.45. The Bertz CT molecular complexity index is 142. The van der Waals surface area contributed by atoms with Gasteiger partial charge in [-0.1, -0.05) is 6.92 Å². The summed E-state index contributed by atoms with van der Waals surface area (Å²) in [5, 5.41) is 2.95. The first-order chi connectivity index (χ1) is 5.68. The molecule has 1 N–H and O–H groups in total. The first kappa shape index (κ1) is 12.1. The Morgan fingerprint density at radius 1 is 1.17 bits per heavy atom. The molecule has 0 fully saturated rings. The van der Waals surface area contributed by atoms with Crippen molar-refractivity contribution in [2.45, 2.75) is 20.8 Å². The summed E-state index contributed by atoms with van der Waals surface area (Å²) in [5.74, 6) is 0. The van der Waals surface area contributed by atoms with Crippen LogP contribution in [0.3, 0.4) is 0 Å². The topological polar surface area (TPSA) is 47.6 Å². The number of nitrogens with one attached hydrogen (secondary N) is 1. The van der Waals surface area contributed by atoms with E-state index in [1.54, 1.807) is 13.8 Å². The van der Waals surface area contributed by atoms with E-state index < -0.39 is 7.60 Å². The lowest BCUT2D eigenvalue weighted by atomic mass is 10.8. The van der Waals surface area contributed by atoms with E-state index in [2.05, 4.69) is 5.32 Å². The van der Waals surface area contributed by atoms with E-state index in [-0.39, 0.29) is 0 Å². The van der Waals surface area contributed by atoms with Crippen LogP contribution in [0.15, 0.2) is 0 Å². The Morgan fingerprint density at radius 2 is 1.67 bits per heavy atom. The molecule has 74 valence electrons. The third kappa shape index (κ3) is 4.88. The molecular formula is C7H18NO3P. The fourth-order valence-corrected chi connectivity index (χ4v) is 2.31. The second-order valence-electron chi connectivity index (χ2n) is 2.21. The van der Waals surface area contributed by atoms with Gasteiger partial charge >= 0.3 is 7.60 Å². The van der Waals surface area contributed by atoms with Gasteiger partial charge in [-0.05, 0) is 20.4 Å². The number of hydrogen-bond donors (Lipinski definition) is 1. The van der Waals surface area contributed by atoms with Crippen LogP contribution in [-0.4, -0.2) is 26.0 Å². The van der Waals surface area contributed by atoms with E-state index in [9.17, 15) is 4.57 Å². The summed E-state index contributed by atoms with van der Waals surface area (Å²) in [6.45, 7) is 7.16. The lowest BCUT2D eigenvalue weighted by Crippen LogP contribution is -2.16. The molecule has 0 unspecified atom stereocenters. The van der Waals surface area contributed by atoms with Gasteiger partial charge in [-0.25, -0.2) is 0 Å². The lowest BCUT2D eigenvalue weighted by molar-refractivity contribution is 0.218. The fourth-order valence-electron chi connectivity index (χ4n) is 0.771.